The number of rotatable bonds is 1. The number of H-pyrrole nitrogens is 2. The predicted molar refractivity (Wildman–Crippen MR) is 80.9 cm³/mol. The van der Waals surface area contributed by atoms with Gasteiger partial charge in [0.2, 0.25) is 11.8 Å². The van der Waals surface area contributed by atoms with Crippen LogP contribution in [0.1, 0.15) is 22.7 Å². The van der Waals surface area contributed by atoms with E-state index in [2.05, 4.69) is 21.3 Å². The SMILES string of the molecule is Cc1[nH]nc2c1C(c1c[nH]c3ccccc13)C(C#N)=C(N)O2. The van der Waals surface area contributed by atoms with Crippen LogP contribution in [0.4, 0.5) is 0 Å². The molecule has 0 saturated heterocycles. The monoisotopic (exact) mass is 291 g/mol. The van der Waals surface area contributed by atoms with Crippen molar-refractivity contribution >= 4 is 10.9 Å². The van der Waals surface area contributed by atoms with Crippen molar-refractivity contribution in [3.8, 4) is 11.9 Å². The minimum absolute atomic E-state index is 0.108. The summed E-state index contributed by atoms with van der Waals surface area (Å²) in [5, 5.41) is 17.6. The highest BCUT2D eigenvalue weighted by molar-refractivity contribution is 5.85. The third-order valence-corrected chi connectivity index (χ3v) is 4.06. The van der Waals surface area contributed by atoms with Crippen LogP contribution < -0.4 is 10.5 Å². The average Bonchev–Trinajstić information content (AvgIpc) is 3.10. The zero-order valence-electron chi connectivity index (χ0n) is 11.8. The molecule has 0 fully saturated rings. The Morgan fingerprint density at radius 3 is 3.00 bits per heavy atom. The molecule has 1 atom stereocenters. The molecule has 0 amide bonds. The first-order valence-electron chi connectivity index (χ1n) is 6.89. The number of ether oxygens (including phenoxy) is 1. The zero-order valence-corrected chi connectivity index (χ0v) is 11.8. The summed E-state index contributed by atoms with van der Waals surface area (Å²) < 4.78 is 5.48. The van der Waals surface area contributed by atoms with E-state index in [4.69, 9.17) is 10.5 Å². The van der Waals surface area contributed by atoms with Crippen LogP contribution in [0, 0.1) is 18.3 Å². The second-order valence-corrected chi connectivity index (χ2v) is 5.28. The fraction of sp³-hybridized carbons (Fsp3) is 0.125. The van der Waals surface area contributed by atoms with Crippen LogP contribution in [-0.2, 0) is 0 Å². The van der Waals surface area contributed by atoms with Crippen molar-refractivity contribution in [1.82, 2.24) is 15.2 Å². The molecule has 6 heteroatoms. The molecule has 1 aliphatic rings. The van der Waals surface area contributed by atoms with Crippen molar-refractivity contribution in [3.05, 3.63) is 58.7 Å². The second kappa shape index (κ2) is 4.40. The first kappa shape index (κ1) is 12.5. The third kappa shape index (κ3) is 1.56. The van der Waals surface area contributed by atoms with E-state index < -0.39 is 0 Å². The topological polar surface area (TPSA) is 104 Å². The van der Waals surface area contributed by atoms with Gasteiger partial charge in [0.05, 0.1) is 5.92 Å². The molecule has 3 heterocycles. The Kier molecular flexibility index (Phi) is 2.51. The van der Waals surface area contributed by atoms with E-state index in [1.807, 2.05) is 37.4 Å². The Bertz CT molecular complexity index is 956. The normalized spacial score (nSPS) is 17.2. The summed E-state index contributed by atoms with van der Waals surface area (Å²) in [7, 11) is 0. The van der Waals surface area contributed by atoms with E-state index in [0.717, 1.165) is 27.7 Å². The van der Waals surface area contributed by atoms with Gasteiger partial charge in [-0.15, -0.1) is 5.10 Å². The number of allylic oxidation sites excluding steroid dienone is 1. The van der Waals surface area contributed by atoms with Crippen LogP contribution in [0.15, 0.2) is 41.9 Å². The Hall–Kier alpha value is -3.20. The number of aryl methyl sites for hydroxylation is 1. The smallest absolute Gasteiger partial charge is 0.244 e. The van der Waals surface area contributed by atoms with E-state index in [1.54, 1.807) is 0 Å². The summed E-state index contributed by atoms with van der Waals surface area (Å²) in [5.74, 6) is 0.254. The molecule has 0 bridgehead atoms. The number of fused-ring (bicyclic) bond motifs is 2. The number of nitrogens with two attached hydrogens (primary N) is 1. The summed E-state index contributed by atoms with van der Waals surface area (Å²) in [6.45, 7) is 1.91. The number of nitrogens with one attached hydrogen (secondary N) is 2. The molecule has 22 heavy (non-hydrogen) atoms. The molecule has 1 aromatic carbocycles. The standard InChI is InChI=1S/C16H13N5O/c1-8-13-14(10(6-17)15(18)22-16(13)21-20-8)11-7-19-12-5-3-2-4-9(11)12/h2-5,7,14,19H,18H2,1H3,(H,20,21). The highest BCUT2D eigenvalue weighted by Crippen LogP contribution is 2.44. The fourth-order valence-electron chi connectivity index (χ4n) is 3.04. The van der Waals surface area contributed by atoms with E-state index in [-0.39, 0.29) is 11.8 Å². The molecule has 1 unspecified atom stereocenters. The van der Waals surface area contributed by atoms with Gasteiger partial charge in [0.25, 0.3) is 0 Å². The molecule has 108 valence electrons. The van der Waals surface area contributed by atoms with Gasteiger partial charge in [-0.1, -0.05) is 18.2 Å². The van der Waals surface area contributed by atoms with Gasteiger partial charge in [-0.3, -0.25) is 5.10 Å². The molecule has 4 N–H and O–H groups in total. The number of aromatic amines is 2. The van der Waals surface area contributed by atoms with E-state index in [0.29, 0.717) is 11.5 Å². The van der Waals surface area contributed by atoms with Gasteiger partial charge in [-0.2, -0.15) is 5.26 Å². The third-order valence-electron chi connectivity index (χ3n) is 4.06. The summed E-state index contributed by atoms with van der Waals surface area (Å²) in [5.41, 5.74) is 10.1. The summed E-state index contributed by atoms with van der Waals surface area (Å²) in [4.78, 5) is 3.24. The lowest BCUT2D eigenvalue weighted by Crippen LogP contribution is -2.20. The maximum absolute atomic E-state index is 9.55. The number of benzene rings is 1. The average molecular weight is 291 g/mol. The molecule has 6 nitrogen and oxygen atoms in total. The van der Waals surface area contributed by atoms with Crippen molar-refractivity contribution in [1.29, 1.82) is 5.26 Å². The first-order valence-corrected chi connectivity index (χ1v) is 6.89. The van der Waals surface area contributed by atoms with Crippen molar-refractivity contribution in [2.75, 3.05) is 0 Å². The summed E-state index contributed by atoms with van der Waals surface area (Å²) in [6, 6.07) is 10.2. The molecule has 3 aromatic rings. The van der Waals surface area contributed by atoms with Crippen molar-refractivity contribution in [2.45, 2.75) is 12.8 Å². The molecule has 0 radical (unpaired) electrons. The quantitative estimate of drug-likeness (QED) is 0.640. The van der Waals surface area contributed by atoms with Gasteiger partial charge in [0, 0.05) is 28.4 Å². The van der Waals surface area contributed by atoms with Gasteiger partial charge < -0.3 is 15.5 Å². The minimum Gasteiger partial charge on any atom is -0.420 e. The minimum atomic E-state index is -0.288. The van der Waals surface area contributed by atoms with Crippen LogP contribution >= 0.6 is 0 Å². The maximum atomic E-state index is 9.55. The van der Waals surface area contributed by atoms with Crippen LogP contribution in [0.3, 0.4) is 0 Å². The number of nitrogens with zero attached hydrogens (tertiary/aromatic N) is 2. The molecule has 0 saturated carbocycles. The molecular formula is C16H13N5O. The molecule has 0 aliphatic carbocycles. The first-order chi connectivity index (χ1) is 10.7. The Labute approximate surface area is 126 Å². The van der Waals surface area contributed by atoms with Crippen LogP contribution in [0.2, 0.25) is 0 Å². The number of hydrogen-bond acceptors (Lipinski definition) is 4. The van der Waals surface area contributed by atoms with Gasteiger partial charge in [0.15, 0.2) is 0 Å². The van der Waals surface area contributed by atoms with Gasteiger partial charge >= 0.3 is 0 Å². The van der Waals surface area contributed by atoms with Gasteiger partial charge in [-0.25, -0.2) is 0 Å². The zero-order chi connectivity index (χ0) is 15.3. The number of aromatic nitrogens is 3. The van der Waals surface area contributed by atoms with Gasteiger partial charge in [-0.05, 0) is 18.6 Å². The lowest BCUT2D eigenvalue weighted by Gasteiger charge is -2.23. The molecule has 2 aromatic heterocycles. The maximum Gasteiger partial charge on any atom is 0.244 e. The van der Waals surface area contributed by atoms with E-state index >= 15 is 0 Å². The van der Waals surface area contributed by atoms with Crippen molar-refractivity contribution in [3.63, 3.8) is 0 Å². The van der Waals surface area contributed by atoms with Crippen molar-refractivity contribution in [2.24, 2.45) is 5.73 Å². The van der Waals surface area contributed by atoms with Crippen LogP contribution in [0.25, 0.3) is 10.9 Å². The van der Waals surface area contributed by atoms with E-state index in [1.165, 1.54) is 0 Å². The van der Waals surface area contributed by atoms with Crippen LogP contribution in [-0.4, -0.2) is 15.2 Å². The Morgan fingerprint density at radius 1 is 1.36 bits per heavy atom. The van der Waals surface area contributed by atoms with E-state index in [9.17, 15) is 5.26 Å². The Morgan fingerprint density at radius 2 is 2.18 bits per heavy atom. The van der Waals surface area contributed by atoms with Crippen molar-refractivity contribution < 1.29 is 4.74 Å². The second-order valence-electron chi connectivity index (χ2n) is 5.28. The highest BCUT2D eigenvalue weighted by atomic mass is 16.5. The molecule has 4 rings (SSSR count). The lowest BCUT2D eigenvalue weighted by molar-refractivity contribution is 0.379. The largest absolute Gasteiger partial charge is 0.420 e. The summed E-state index contributed by atoms with van der Waals surface area (Å²) in [6.07, 6.45) is 1.92. The lowest BCUT2D eigenvalue weighted by atomic mass is 9.84. The number of hydrogen-bond donors (Lipinski definition) is 3. The Balaban J connectivity index is 2.03. The number of para-hydroxylation sites is 1. The van der Waals surface area contributed by atoms with Crippen LogP contribution in [0.5, 0.6) is 5.88 Å². The highest BCUT2D eigenvalue weighted by Gasteiger charge is 2.35. The van der Waals surface area contributed by atoms with Gasteiger partial charge in [0.1, 0.15) is 11.6 Å². The molecule has 1 aliphatic heterocycles. The predicted octanol–water partition coefficient (Wildman–Crippen LogP) is 2.42. The number of nitriles is 1. The summed E-state index contributed by atoms with van der Waals surface area (Å²) >= 11 is 0. The molecular weight excluding hydrogens is 278 g/mol. The molecule has 0 spiro atoms. The fourth-order valence-corrected chi connectivity index (χ4v) is 3.04.